The van der Waals surface area contributed by atoms with Gasteiger partial charge in [-0.2, -0.15) is 22.5 Å². The fourth-order valence-corrected chi connectivity index (χ4v) is 5.30. The van der Waals surface area contributed by atoms with Gasteiger partial charge in [-0.15, -0.1) is 0 Å². The fraction of sp³-hybridized carbons (Fsp3) is 0.526. The minimum atomic E-state index is -3.50. The first-order chi connectivity index (χ1) is 14.0. The van der Waals surface area contributed by atoms with E-state index in [9.17, 15) is 13.2 Å². The zero-order valence-corrected chi connectivity index (χ0v) is 16.9. The number of pyridine rings is 1. The van der Waals surface area contributed by atoms with E-state index >= 15 is 0 Å². The fourth-order valence-electron chi connectivity index (χ4n) is 3.87. The number of hydrogen-bond donors (Lipinski definition) is 1. The van der Waals surface area contributed by atoms with Crippen LogP contribution in [0.1, 0.15) is 31.7 Å². The zero-order chi connectivity index (χ0) is 20.3. The first kappa shape index (κ1) is 20.1. The average Bonchev–Trinajstić information content (AvgIpc) is 2.76. The smallest absolute Gasteiger partial charge is 0.279 e. The van der Waals surface area contributed by atoms with E-state index in [2.05, 4.69) is 14.8 Å². The van der Waals surface area contributed by atoms with E-state index in [0.717, 1.165) is 5.56 Å². The number of morpholine rings is 1. The van der Waals surface area contributed by atoms with Crippen molar-refractivity contribution in [2.45, 2.75) is 37.8 Å². The number of hydrogen-bond acceptors (Lipinski definition) is 6. The molecule has 0 radical (unpaired) electrons. The van der Waals surface area contributed by atoms with Crippen molar-refractivity contribution in [1.82, 2.24) is 23.8 Å². The second-order valence-electron chi connectivity index (χ2n) is 7.38. The molecule has 1 saturated carbocycles. The van der Waals surface area contributed by atoms with Gasteiger partial charge in [0.1, 0.15) is 0 Å². The van der Waals surface area contributed by atoms with Gasteiger partial charge in [0, 0.05) is 43.2 Å². The highest BCUT2D eigenvalue weighted by Crippen LogP contribution is 2.28. The van der Waals surface area contributed by atoms with Crippen LogP contribution < -0.4 is 10.3 Å². The molecule has 2 fully saturated rings. The van der Waals surface area contributed by atoms with Gasteiger partial charge in [0.15, 0.2) is 0 Å². The predicted octanol–water partition coefficient (Wildman–Crippen LogP) is 0.956. The third-order valence-electron chi connectivity index (χ3n) is 5.45. The molecule has 3 heterocycles. The highest BCUT2D eigenvalue weighted by molar-refractivity contribution is 7.87. The number of ether oxygens (including phenoxy) is 1. The standard InChI is InChI=1S/C19H25N5O4S/c25-19-8-7-18(15-2-1-9-20-14-15)21-24(19)17-5-3-16(4-6-17)22-29(26,27)23-10-12-28-13-11-23/h1-2,7-9,14,16-17,22H,3-6,10-13H2. The van der Waals surface area contributed by atoms with Crippen molar-refractivity contribution in [2.24, 2.45) is 0 Å². The topological polar surface area (TPSA) is 106 Å². The van der Waals surface area contributed by atoms with E-state index in [1.165, 1.54) is 15.1 Å². The molecule has 10 heteroatoms. The van der Waals surface area contributed by atoms with E-state index in [1.807, 2.05) is 12.1 Å². The quantitative estimate of drug-likeness (QED) is 0.774. The third-order valence-corrected chi connectivity index (χ3v) is 7.13. The van der Waals surface area contributed by atoms with Gasteiger partial charge in [-0.05, 0) is 43.9 Å². The summed E-state index contributed by atoms with van der Waals surface area (Å²) in [6.07, 6.45) is 6.13. The SMILES string of the molecule is O=c1ccc(-c2cccnc2)nn1C1CCC(NS(=O)(=O)N2CCOCC2)CC1. The van der Waals surface area contributed by atoms with Gasteiger partial charge in [-0.3, -0.25) is 9.78 Å². The molecule has 0 bridgehead atoms. The van der Waals surface area contributed by atoms with E-state index in [4.69, 9.17) is 4.74 Å². The van der Waals surface area contributed by atoms with E-state index in [1.54, 1.807) is 18.5 Å². The minimum absolute atomic E-state index is 0.0386. The summed E-state index contributed by atoms with van der Waals surface area (Å²) in [5, 5.41) is 4.54. The molecule has 0 aromatic carbocycles. The van der Waals surface area contributed by atoms with E-state index in [-0.39, 0.29) is 17.6 Å². The maximum absolute atomic E-state index is 12.5. The van der Waals surface area contributed by atoms with Crippen LogP contribution in [0.5, 0.6) is 0 Å². The first-order valence-corrected chi connectivity index (χ1v) is 11.3. The molecule has 0 amide bonds. The van der Waals surface area contributed by atoms with Crippen molar-refractivity contribution < 1.29 is 13.2 Å². The van der Waals surface area contributed by atoms with Crippen LogP contribution in [-0.2, 0) is 14.9 Å². The lowest BCUT2D eigenvalue weighted by Crippen LogP contribution is -2.50. The Kier molecular flexibility index (Phi) is 6.04. The van der Waals surface area contributed by atoms with Crippen LogP contribution >= 0.6 is 0 Å². The number of nitrogens with zero attached hydrogens (tertiary/aromatic N) is 4. The molecular weight excluding hydrogens is 394 g/mol. The van der Waals surface area contributed by atoms with Crippen LogP contribution in [0.15, 0.2) is 41.5 Å². The molecule has 1 saturated heterocycles. The van der Waals surface area contributed by atoms with Gasteiger partial charge in [0.05, 0.1) is 24.9 Å². The highest BCUT2D eigenvalue weighted by Gasteiger charge is 2.30. The number of aromatic nitrogens is 3. The molecule has 0 atom stereocenters. The second kappa shape index (κ2) is 8.70. The minimum Gasteiger partial charge on any atom is -0.379 e. The van der Waals surface area contributed by atoms with E-state index < -0.39 is 10.2 Å². The molecule has 2 aromatic rings. The van der Waals surface area contributed by atoms with Crippen molar-refractivity contribution in [3.63, 3.8) is 0 Å². The molecule has 1 aliphatic heterocycles. The summed E-state index contributed by atoms with van der Waals surface area (Å²) in [4.78, 5) is 16.5. The summed E-state index contributed by atoms with van der Waals surface area (Å²) < 4.78 is 36.1. The van der Waals surface area contributed by atoms with E-state index in [0.29, 0.717) is 57.7 Å². The van der Waals surface area contributed by atoms with Gasteiger partial charge in [-0.1, -0.05) is 0 Å². The molecule has 156 valence electrons. The largest absolute Gasteiger partial charge is 0.379 e. The van der Waals surface area contributed by atoms with Crippen molar-refractivity contribution in [3.8, 4) is 11.3 Å². The zero-order valence-electron chi connectivity index (χ0n) is 16.1. The van der Waals surface area contributed by atoms with Gasteiger partial charge in [0.2, 0.25) is 0 Å². The Labute approximate surface area is 169 Å². The molecule has 1 aliphatic carbocycles. The molecule has 0 spiro atoms. The van der Waals surface area contributed by atoms with Crippen LogP contribution in [0, 0.1) is 0 Å². The van der Waals surface area contributed by atoms with Crippen LogP contribution in [-0.4, -0.2) is 59.8 Å². The van der Waals surface area contributed by atoms with Crippen LogP contribution in [0.25, 0.3) is 11.3 Å². The average molecular weight is 420 g/mol. The molecule has 0 unspecified atom stereocenters. The van der Waals surface area contributed by atoms with Crippen molar-refractivity contribution in [3.05, 3.63) is 47.0 Å². The van der Waals surface area contributed by atoms with Crippen molar-refractivity contribution in [1.29, 1.82) is 0 Å². The van der Waals surface area contributed by atoms with Crippen LogP contribution in [0.3, 0.4) is 0 Å². The number of rotatable bonds is 5. The Morgan fingerprint density at radius 1 is 1.07 bits per heavy atom. The molecule has 2 aliphatic rings. The Balaban J connectivity index is 1.41. The lowest BCUT2D eigenvalue weighted by Gasteiger charge is -2.32. The second-order valence-corrected chi connectivity index (χ2v) is 9.09. The lowest BCUT2D eigenvalue weighted by atomic mass is 9.92. The van der Waals surface area contributed by atoms with Crippen molar-refractivity contribution in [2.75, 3.05) is 26.3 Å². The molecule has 29 heavy (non-hydrogen) atoms. The van der Waals surface area contributed by atoms with Gasteiger partial charge >= 0.3 is 0 Å². The summed E-state index contributed by atoms with van der Waals surface area (Å²) >= 11 is 0. The Morgan fingerprint density at radius 3 is 2.52 bits per heavy atom. The summed E-state index contributed by atoms with van der Waals surface area (Å²) in [5.74, 6) is 0. The Hall–Kier alpha value is -2.14. The highest BCUT2D eigenvalue weighted by atomic mass is 32.2. The number of nitrogens with one attached hydrogen (secondary N) is 1. The maximum atomic E-state index is 12.5. The lowest BCUT2D eigenvalue weighted by molar-refractivity contribution is 0.0721. The molecule has 2 aromatic heterocycles. The summed E-state index contributed by atoms with van der Waals surface area (Å²) in [5.41, 5.74) is 1.41. The molecule has 4 rings (SSSR count). The summed E-state index contributed by atoms with van der Waals surface area (Å²) in [6, 6.07) is 6.81. The first-order valence-electron chi connectivity index (χ1n) is 9.88. The van der Waals surface area contributed by atoms with Crippen LogP contribution in [0.4, 0.5) is 0 Å². The maximum Gasteiger partial charge on any atom is 0.279 e. The summed E-state index contributed by atoms with van der Waals surface area (Å²) in [6.45, 7) is 1.61. The molecule has 9 nitrogen and oxygen atoms in total. The molecular formula is C19H25N5O4S. The predicted molar refractivity (Wildman–Crippen MR) is 107 cm³/mol. The molecule has 1 N–H and O–H groups in total. The van der Waals surface area contributed by atoms with Crippen LogP contribution in [0.2, 0.25) is 0 Å². The normalized spacial score (nSPS) is 23.7. The summed E-state index contributed by atoms with van der Waals surface area (Å²) in [7, 11) is -3.50. The Morgan fingerprint density at radius 2 is 1.83 bits per heavy atom. The Bertz CT molecular complexity index is 981. The monoisotopic (exact) mass is 419 g/mol. The van der Waals surface area contributed by atoms with Crippen molar-refractivity contribution >= 4 is 10.2 Å². The van der Waals surface area contributed by atoms with Gasteiger partial charge in [0.25, 0.3) is 15.8 Å². The van der Waals surface area contributed by atoms with Gasteiger partial charge < -0.3 is 4.74 Å². The third kappa shape index (κ3) is 4.72. The van der Waals surface area contributed by atoms with Gasteiger partial charge in [-0.25, -0.2) is 4.68 Å².